The summed E-state index contributed by atoms with van der Waals surface area (Å²) in [6, 6.07) is 0. The minimum Gasteiger partial charge on any atom is -0.365 e. The summed E-state index contributed by atoms with van der Waals surface area (Å²) in [5, 5.41) is 0. The van der Waals surface area contributed by atoms with Gasteiger partial charge in [0.25, 0.3) is 0 Å². The van der Waals surface area contributed by atoms with E-state index >= 15 is 0 Å². The molecule has 0 heterocycles. The number of alkyl halides is 3. The van der Waals surface area contributed by atoms with Crippen molar-refractivity contribution in [3.05, 3.63) is 0 Å². The molecular weight excluding hydrogens is 245 g/mol. The van der Waals surface area contributed by atoms with Crippen LogP contribution in [0.25, 0.3) is 0 Å². The van der Waals surface area contributed by atoms with E-state index in [1.807, 2.05) is 0 Å². The number of rotatable bonds is 4. The summed E-state index contributed by atoms with van der Waals surface area (Å²) in [4.78, 5) is 0. The summed E-state index contributed by atoms with van der Waals surface area (Å²) < 4.78 is 62.6. The van der Waals surface area contributed by atoms with Crippen LogP contribution in [0.1, 0.15) is 13.8 Å². The van der Waals surface area contributed by atoms with E-state index in [-0.39, 0.29) is 6.61 Å². The molecule has 0 bridgehead atoms. The lowest BCUT2D eigenvalue weighted by Crippen LogP contribution is -2.49. The van der Waals surface area contributed by atoms with Gasteiger partial charge in [0.15, 0.2) is 5.60 Å². The molecule has 0 aliphatic heterocycles. The Morgan fingerprint density at radius 3 is 2.00 bits per heavy atom. The molecule has 1 atom stereocenters. The predicted molar refractivity (Wildman–Crippen MR) is 45.7 cm³/mol. The molecule has 3 nitrogen and oxygen atoms in total. The molecule has 0 fully saturated rings. The van der Waals surface area contributed by atoms with E-state index in [2.05, 4.69) is 4.74 Å². The Balaban J connectivity index is 4.93. The van der Waals surface area contributed by atoms with Gasteiger partial charge in [-0.3, -0.25) is 0 Å². The maximum Gasteiger partial charge on any atom is 0.418 e. The first-order valence-corrected chi connectivity index (χ1v) is 6.13. The molecule has 0 spiro atoms. The number of hydrogen-bond donors (Lipinski definition) is 0. The zero-order valence-electron chi connectivity index (χ0n) is 7.56. The van der Waals surface area contributed by atoms with Crippen LogP contribution in [-0.4, -0.2) is 32.6 Å². The Kier molecular flexibility index (Phi) is 4.24. The summed E-state index contributed by atoms with van der Waals surface area (Å²) in [6.07, 6.45) is -4.77. The molecule has 14 heavy (non-hydrogen) atoms. The van der Waals surface area contributed by atoms with Gasteiger partial charge in [-0.05, 0) is 13.8 Å². The van der Waals surface area contributed by atoms with E-state index < -0.39 is 26.6 Å². The second-order valence-corrected chi connectivity index (χ2v) is 5.62. The fraction of sp³-hybridized carbons (Fsp3) is 1.00. The summed E-state index contributed by atoms with van der Waals surface area (Å²) in [5.41, 5.74) is -2.75. The fourth-order valence-corrected chi connectivity index (χ4v) is 2.38. The third kappa shape index (κ3) is 4.02. The first kappa shape index (κ1) is 14.0. The molecule has 0 aromatic rings. The van der Waals surface area contributed by atoms with E-state index in [0.29, 0.717) is 6.92 Å². The highest BCUT2D eigenvalue weighted by Crippen LogP contribution is 2.35. The Morgan fingerprint density at radius 1 is 1.36 bits per heavy atom. The second-order valence-electron chi connectivity index (χ2n) is 2.84. The minimum atomic E-state index is -4.77. The molecule has 0 radical (unpaired) electrons. The average Bonchev–Trinajstić information content (AvgIpc) is 1.79. The largest absolute Gasteiger partial charge is 0.418 e. The monoisotopic (exact) mass is 254 g/mol. The van der Waals surface area contributed by atoms with Crippen molar-refractivity contribution in [1.29, 1.82) is 0 Å². The summed E-state index contributed by atoms with van der Waals surface area (Å²) >= 11 is 0. The van der Waals surface area contributed by atoms with Crippen molar-refractivity contribution >= 4 is 19.7 Å². The molecule has 0 aromatic carbocycles. The van der Waals surface area contributed by atoms with Crippen LogP contribution in [0.5, 0.6) is 0 Å². The van der Waals surface area contributed by atoms with Crippen molar-refractivity contribution in [3.63, 3.8) is 0 Å². The quantitative estimate of drug-likeness (QED) is 0.720. The normalized spacial score (nSPS) is 17.9. The van der Waals surface area contributed by atoms with Crippen LogP contribution >= 0.6 is 10.7 Å². The van der Waals surface area contributed by atoms with Gasteiger partial charge in [0.2, 0.25) is 9.05 Å². The van der Waals surface area contributed by atoms with E-state index in [4.69, 9.17) is 10.7 Å². The van der Waals surface area contributed by atoms with Crippen molar-refractivity contribution in [2.24, 2.45) is 0 Å². The van der Waals surface area contributed by atoms with E-state index in [1.165, 1.54) is 6.92 Å². The Bertz CT molecular complexity index is 287. The van der Waals surface area contributed by atoms with Crippen LogP contribution in [0.3, 0.4) is 0 Å². The molecule has 8 heteroatoms. The van der Waals surface area contributed by atoms with Crippen LogP contribution < -0.4 is 0 Å². The molecule has 0 aliphatic carbocycles. The van der Waals surface area contributed by atoms with Gasteiger partial charge in [-0.2, -0.15) is 13.2 Å². The SMILES string of the molecule is CCOC(C)(CS(=O)(=O)Cl)C(F)(F)F. The van der Waals surface area contributed by atoms with Gasteiger partial charge in [0.1, 0.15) is 5.75 Å². The molecule has 0 saturated carbocycles. The van der Waals surface area contributed by atoms with E-state index in [1.54, 1.807) is 0 Å². The van der Waals surface area contributed by atoms with E-state index in [0.717, 1.165) is 0 Å². The van der Waals surface area contributed by atoms with Crippen molar-refractivity contribution in [2.45, 2.75) is 25.6 Å². The molecule has 0 amide bonds. The molecular formula is C6H10ClF3O3S. The second kappa shape index (κ2) is 4.24. The molecule has 0 aliphatic rings. The molecule has 1 unspecified atom stereocenters. The van der Waals surface area contributed by atoms with Gasteiger partial charge >= 0.3 is 6.18 Å². The molecule has 0 rings (SSSR count). The van der Waals surface area contributed by atoms with Crippen LogP contribution in [0, 0.1) is 0 Å². The van der Waals surface area contributed by atoms with Crippen molar-refractivity contribution in [2.75, 3.05) is 12.4 Å². The van der Waals surface area contributed by atoms with E-state index in [9.17, 15) is 21.6 Å². The summed E-state index contributed by atoms with van der Waals surface area (Å²) in [6.45, 7) is 1.74. The third-order valence-corrected chi connectivity index (χ3v) is 2.73. The zero-order chi connectivity index (χ0) is 11.6. The topological polar surface area (TPSA) is 43.4 Å². The fourth-order valence-electron chi connectivity index (χ4n) is 0.853. The van der Waals surface area contributed by atoms with Crippen molar-refractivity contribution < 1.29 is 26.3 Å². The standard InChI is InChI=1S/C6H10ClF3O3S/c1-3-13-5(2,6(8,9)10)4-14(7,11)12/h3-4H2,1-2H3. The lowest BCUT2D eigenvalue weighted by molar-refractivity contribution is -0.260. The third-order valence-electron chi connectivity index (χ3n) is 1.51. The maximum absolute atomic E-state index is 12.4. The number of hydrogen-bond acceptors (Lipinski definition) is 3. The van der Waals surface area contributed by atoms with Crippen molar-refractivity contribution in [1.82, 2.24) is 0 Å². The highest BCUT2D eigenvalue weighted by Gasteiger charge is 2.54. The van der Waals surface area contributed by atoms with Crippen LogP contribution in [0.2, 0.25) is 0 Å². The molecule has 0 N–H and O–H groups in total. The smallest absolute Gasteiger partial charge is 0.365 e. The van der Waals surface area contributed by atoms with Gasteiger partial charge in [-0.15, -0.1) is 0 Å². The van der Waals surface area contributed by atoms with Gasteiger partial charge in [-0.25, -0.2) is 8.42 Å². The minimum absolute atomic E-state index is 0.248. The lowest BCUT2D eigenvalue weighted by atomic mass is 10.1. The Morgan fingerprint density at radius 2 is 1.79 bits per heavy atom. The first-order valence-electron chi connectivity index (χ1n) is 3.65. The Labute approximate surface area is 84.6 Å². The average molecular weight is 255 g/mol. The summed E-state index contributed by atoms with van der Waals surface area (Å²) in [5.74, 6) is -1.29. The first-order chi connectivity index (χ1) is 6.02. The highest BCUT2D eigenvalue weighted by atomic mass is 35.7. The Hall–Kier alpha value is -0.0100. The van der Waals surface area contributed by atoms with Crippen LogP contribution in [0.4, 0.5) is 13.2 Å². The van der Waals surface area contributed by atoms with Crippen molar-refractivity contribution in [3.8, 4) is 0 Å². The zero-order valence-corrected chi connectivity index (χ0v) is 9.13. The van der Waals surface area contributed by atoms with Crippen LogP contribution in [0.15, 0.2) is 0 Å². The van der Waals surface area contributed by atoms with Crippen LogP contribution in [-0.2, 0) is 13.8 Å². The van der Waals surface area contributed by atoms with Gasteiger partial charge in [-0.1, -0.05) is 0 Å². The summed E-state index contributed by atoms with van der Waals surface area (Å²) in [7, 11) is 0.492. The molecule has 0 saturated heterocycles. The highest BCUT2D eigenvalue weighted by molar-refractivity contribution is 8.13. The lowest BCUT2D eigenvalue weighted by Gasteiger charge is -2.30. The molecule has 0 aromatic heterocycles. The maximum atomic E-state index is 12.4. The van der Waals surface area contributed by atoms with Gasteiger partial charge < -0.3 is 4.74 Å². The predicted octanol–water partition coefficient (Wildman–Crippen LogP) is 1.91. The van der Waals surface area contributed by atoms with Gasteiger partial charge in [0, 0.05) is 17.3 Å². The number of ether oxygens (including phenoxy) is 1. The molecule has 86 valence electrons. The number of halogens is 4. The van der Waals surface area contributed by atoms with Gasteiger partial charge in [0.05, 0.1) is 0 Å².